The fourth-order valence-corrected chi connectivity index (χ4v) is 2.98. The predicted molar refractivity (Wildman–Crippen MR) is 97.3 cm³/mol. The monoisotopic (exact) mass is 328 g/mol. The molecule has 4 aromatic rings. The molecular weight excluding hydrogens is 308 g/mol. The Bertz CT molecular complexity index is 928. The molecule has 4 rings (SSSR count). The maximum atomic E-state index is 4.49. The molecule has 3 heterocycles. The van der Waals surface area contributed by atoms with Crippen molar-refractivity contribution in [3.63, 3.8) is 0 Å². The number of rotatable bonds is 4. The lowest BCUT2D eigenvalue weighted by Crippen LogP contribution is -2.24. The highest BCUT2D eigenvalue weighted by molar-refractivity contribution is 5.56. The minimum Gasteiger partial charge on any atom is -0.357 e. The van der Waals surface area contributed by atoms with Crippen molar-refractivity contribution in [2.24, 2.45) is 7.05 Å². The number of benzene rings is 1. The number of nitrogens with zero attached hydrogens (tertiary/aromatic N) is 3. The zero-order chi connectivity index (χ0) is 17.2. The summed E-state index contributed by atoms with van der Waals surface area (Å²) in [7, 11) is 1.97. The summed E-state index contributed by atoms with van der Waals surface area (Å²) in [6.07, 6.45) is 9.98. The second-order valence-electron chi connectivity index (χ2n) is 6.33. The molecule has 124 valence electrons. The Kier molecular flexibility index (Phi) is 3.94. The van der Waals surface area contributed by atoms with E-state index in [0.29, 0.717) is 0 Å². The molecule has 25 heavy (non-hydrogen) atoms. The number of aromatic nitrogens is 4. The minimum absolute atomic E-state index is 0.871. The van der Waals surface area contributed by atoms with Gasteiger partial charge in [-0.1, -0.05) is 24.3 Å². The third kappa shape index (κ3) is 3.38. The molecular formula is C21H20N4. The van der Waals surface area contributed by atoms with Crippen LogP contribution in [0.15, 0.2) is 67.1 Å². The summed E-state index contributed by atoms with van der Waals surface area (Å²) < 4.78 is 3.92. The molecule has 0 aliphatic heterocycles. The summed E-state index contributed by atoms with van der Waals surface area (Å²) in [5, 5.41) is 0. The van der Waals surface area contributed by atoms with Gasteiger partial charge in [0.05, 0.1) is 24.1 Å². The van der Waals surface area contributed by atoms with E-state index >= 15 is 0 Å². The van der Waals surface area contributed by atoms with E-state index in [9.17, 15) is 0 Å². The van der Waals surface area contributed by atoms with E-state index < -0.39 is 0 Å². The number of nitrogens with one attached hydrogen (secondary N) is 1. The van der Waals surface area contributed by atoms with Crippen molar-refractivity contribution in [2.75, 3.05) is 0 Å². The topological polar surface area (TPSA) is 37.5 Å². The first-order chi connectivity index (χ1) is 12.2. The fraction of sp³-hybridized carbons (Fsp3) is 0.143. The number of aromatic amines is 1. The average Bonchev–Trinajstić information content (AvgIpc) is 3.24. The largest absolute Gasteiger partial charge is 0.357 e. The van der Waals surface area contributed by atoms with Gasteiger partial charge >= 0.3 is 0 Å². The van der Waals surface area contributed by atoms with Gasteiger partial charge in [-0.3, -0.25) is 4.98 Å². The molecule has 0 radical (unpaired) electrons. The van der Waals surface area contributed by atoms with Crippen LogP contribution >= 0.6 is 0 Å². The summed E-state index contributed by atoms with van der Waals surface area (Å²) >= 11 is 0. The van der Waals surface area contributed by atoms with Gasteiger partial charge in [-0.2, -0.15) is 0 Å². The fourth-order valence-electron chi connectivity index (χ4n) is 2.98. The zero-order valence-corrected chi connectivity index (χ0v) is 14.4. The van der Waals surface area contributed by atoms with Crippen molar-refractivity contribution in [3.05, 3.63) is 90.3 Å². The van der Waals surface area contributed by atoms with Crippen LogP contribution in [0.25, 0.3) is 17.1 Å². The van der Waals surface area contributed by atoms with Gasteiger partial charge in [0.1, 0.15) is 0 Å². The first-order valence-corrected chi connectivity index (χ1v) is 8.34. The Labute approximate surface area is 147 Å². The number of hydrogen-bond acceptors (Lipinski definition) is 1. The number of aryl methyl sites for hydroxylation is 2. The number of hydrogen-bond donors (Lipinski definition) is 1. The maximum Gasteiger partial charge on any atom is 0.243 e. The first kappa shape index (κ1) is 15.4. The SMILES string of the molecule is Cc1ccc(-c2cc(Cc3cccc(-n4[c-][n+](C)cc4)c3)ccn2)[nH]1. The second kappa shape index (κ2) is 6.40. The highest BCUT2D eigenvalue weighted by Gasteiger charge is 2.05. The van der Waals surface area contributed by atoms with Gasteiger partial charge in [-0.05, 0) is 48.7 Å². The minimum atomic E-state index is 0.871. The lowest BCUT2D eigenvalue weighted by atomic mass is 10.0. The van der Waals surface area contributed by atoms with E-state index in [0.717, 1.165) is 29.2 Å². The van der Waals surface area contributed by atoms with E-state index in [1.165, 1.54) is 11.1 Å². The van der Waals surface area contributed by atoms with Gasteiger partial charge < -0.3 is 14.1 Å². The van der Waals surface area contributed by atoms with Gasteiger partial charge in [-0.15, -0.1) is 0 Å². The normalized spacial score (nSPS) is 11.0. The second-order valence-corrected chi connectivity index (χ2v) is 6.33. The highest BCUT2D eigenvalue weighted by atomic mass is 15.1. The third-order valence-electron chi connectivity index (χ3n) is 4.23. The summed E-state index contributed by atoms with van der Waals surface area (Å²) in [5.41, 5.74) is 6.81. The van der Waals surface area contributed by atoms with E-state index in [4.69, 9.17) is 0 Å². The third-order valence-corrected chi connectivity index (χ3v) is 4.23. The van der Waals surface area contributed by atoms with E-state index in [2.05, 4.69) is 71.7 Å². The zero-order valence-electron chi connectivity index (χ0n) is 14.4. The van der Waals surface area contributed by atoms with Crippen LogP contribution in [0.3, 0.4) is 0 Å². The molecule has 0 aliphatic carbocycles. The molecule has 0 amide bonds. The van der Waals surface area contributed by atoms with Crippen molar-refractivity contribution >= 4 is 0 Å². The van der Waals surface area contributed by atoms with Crippen LogP contribution in [-0.4, -0.2) is 14.5 Å². The molecule has 0 spiro atoms. The number of H-pyrrole nitrogens is 1. The quantitative estimate of drug-likeness (QED) is 0.452. The molecule has 3 aromatic heterocycles. The summed E-state index contributed by atoms with van der Waals surface area (Å²) in [6, 6.07) is 16.9. The molecule has 1 N–H and O–H groups in total. The number of imidazole rings is 1. The number of pyridine rings is 1. The van der Waals surface area contributed by atoms with Crippen molar-refractivity contribution in [2.45, 2.75) is 13.3 Å². The Morgan fingerprint density at radius 3 is 2.76 bits per heavy atom. The van der Waals surface area contributed by atoms with Gasteiger partial charge in [0, 0.05) is 24.3 Å². The molecule has 4 nitrogen and oxygen atoms in total. The summed E-state index contributed by atoms with van der Waals surface area (Å²) in [4.78, 5) is 7.83. The van der Waals surface area contributed by atoms with E-state index in [-0.39, 0.29) is 0 Å². The Morgan fingerprint density at radius 2 is 2.00 bits per heavy atom. The summed E-state index contributed by atoms with van der Waals surface area (Å²) in [6.45, 7) is 2.05. The van der Waals surface area contributed by atoms with Crippen LogP contribution < -0.4 is 4.57 Å². The average molecular weight is 328 g/mol. The molecule has 0 aliphatic rings. The molecule has 4 heteroatoms. The Hall–Kier alpha value is -3.14. The van der Waals surface area contributed by atoms with Crippen molar-refractivity contribution in [1.82, 2.24) is 14.5 Å². The molecule has 0 unspecified atom stereocenters. The van der Waals surface area contributed by atoms with Gasteiger partial charge in [0.15, 0.2) is 0 Å². The molecule has 0 bridgehead atoms. The predicted octanol–water partition coefficient (Wildman–Crippen LogP) is 3.39. The Balaban J connectivity index is 1.60. The lowest BCUT2D eigenvalue weighted by molar-refractivity contribution is -0.674. The van der Waals surface area contributed by atoms with E-state index in [1.54, 1.807) is 0 Å². The van der Waals surface area contributed by atoms with Gasteiger partial charge in [0.2, 0.25) is 6.33 Å². The highest BCUT2D eigenvalue weighted by Crippen LogP contribution is 2.19. The van der Waals surface area contributed by atoms with E-state index in [1.807, 2.05) is 34.8 Å². The molecule has 0 saturated heterocycles. The van der Waals surface area contributed by atoms with Crippen LogP contribution in [0.4, 0.5) is 0 Å². The lowest BCUT2D eigenvalue weighted by Gasteiger charge is -2.08. The van der Waals surface area contributed by atoms with Crippen LogP contribution in [0, 0.1) is 13.3 Å². The smallest absolute Gasteiger partial charge is 0.243 e. The van der Waals surface area contributed by atoms with Crippen LogP contribution in [-0.2, 0) is 13.5 Å². The van der Waals surface area contributed by atoms with Crippen LogP contribution in [0.5, 0.6) is 0 Å². The van der Waals surface area contributed by atoms with Crippen molar-refractivity contribution in [1.29, 1.82) is 0 Å². The molecule has 0 atom stereocenters. The van der Waals surface area contributed by atoms with Gasteiger partial charge in [-0.25, -0.2) is 0 Å². The molecule has 0 fully saturated rings. The standard InChI is InChI=1S/C21H20N4/c1-16-6-7-20(23-16)21-14-18(8-9-22-21)12-17-4-3-5-19(13-17)25-11-10-24(2)15-25/h3-11,13-14,23H,12H2,1-2H3. The van der Waals surface area contributed by atoms with Crippen molar-refractivity contribution < 1.29 is 4.57 Å². The summed E-state index contributed by atoms with van der Waals surface area (Å²) in [5.74, 6) is 0. The maximum absolute atomic E-state index is 4.49. The van der Waals surface area contributed by atoms with Gasteiger partial charge in [0.25, 0.3) is 0 Å². The van der Waals surface area contributed by atoms with Crippen LogP contribution in [0.2, 0.25) is 0 Å². The first-order valence-electron chi connectivity index (χ1n) is 8.34. The van der Waals surface area contributed by atoms with Crippen LogP contribution in [0.1, 0.15) is 16.8 Å². The molecule has 0 saturated carbocycles. The van der Waals surface area contributed by atoms with Crippen molar-refractivity contribution in [3.8, 4) is 17.1 Å². The molecule has 1 aromatic carbocycles. The Morgan fingerprint density at radius 1 is 1.12 bits per heavy atom.